The predicted octanol–water partition coefficient (Wildman–Crippen LogP) is 4.12. The Bertz CT molecular complexity index is 686. The normalized spacial score (nSPS) is 11.0. The van der Waals surface area contributed by atoms with Crippen molar-refractivity contribution in [1.82, 2.24) is 0 Å². The highest BCUT2D eigenvalue weighted by atomic mass is 19.4. The van der Waals surface area contributed by atoms with Gasteiger partial charge in [-0.1, -0.05) is 24.3 Å². The lowest BCUT2D eigenvalue weighted by molar-refractivity contribution is -0.274. The minimum absolute atomic E-state index is 0.178. The Morgan fingerprint density at radius 2 is 1.87 bits per heavy atom. The van der Waals surface area contributed by atoms with Crippen molar-refractivity contribution >= 4 is 11.7 Å². The lowest BCUT2D eigenvalue weighted by Gasteiger charge is -2.12. The summed E-state index contributed by atoms with van der Waals surface area (Å²) in [5.41, 5.74) is 1.55. The first-order chi connectivity index (χ1) is 10.8. The molecule has 0 aromatic heterocycles. The van der Waals surface area contributed by atoms with E-state index in [1.54, 1.807) is 31.2 Å². The molecule has 0 bridgehead atoms. The molecule has 1 N–H and O–H groups in total. The Balaban J connectivity index is 1.90. The van der Waals surface area contributed by atoms with Gasteiger partial charge in [0.15, 0.2) is 6.73 Å². The minimum Gasteiger partial charge on any atom is -0.441 e. The van der Waals surface area contributed by atoms with Gasteiger partial charge in [0.25, 0.3) is 0 Å². The van der Waals surface area contributed by atoms with Crippen LogP contribution in [0.5, 0.6) is 5.75 Å². The van der Waals surface area contributed by atoms with Crippen molar-refractivity contribution in [2.24, 2.45) is 0 Å². The molecule has 2 aromatic carbocycles. The second kappa shape index (κ2) is 7.04. The summed E-state index contributed by atoms with van der Waals surface area (Å²) in [5.74, 6) is -0.869. The van der Waals surface area contributed by atoms with Gasteiger partial charge >= 0.3 is 12.3 Å². The fraction of sp³-hybridized carbons (Fsp3) is 0.188. The van der Waals surface area contributed by atoms with Gasteiger partial charge in [0, 0.05) is 11.8 Å². The summed E-state index contributed by atoms with van der Waals surface area (Å²) in [4.78, 5) is 11.9. The first-order valence-electron chi connectivity index (χ1n) is 6.67. The number of nitrogens with one attached hydrogen (secondary N) is 1. The maximum atomic E-state index is 12.1. The number of halogens is 3. The molecule has 0 atom stereocenters. The fourth-order valence-corrected chi connectivity index (χ4v) is 1.87. The Morgan fingerprint density at radius 3 is 2.57 bits per heavy atom. The van der Waals surface area contributed by atoms with Crippen LogP contribution in [0, 0.1) is 6.92 Å². The molecule has 7 heteroatoms. The van der Waals surface area contributed by atoms with E-state index in [4.69, 9.17) is 4.74 Å². The lowest BCUT2D eigenvalue weighted by Crippen LogP contribution is -2.17. The van der Waals surface area contributed by atoms with Crippen LogP contribution < -0.4 is 10.1 Å². The van der Waals surface area contributed by atoms with Crippen molar-refractivity contribution < 1.29 is 27.4 Å². The molecule has 23 heavy (non-hydrogen) atoms. The van der Waals surface area contributed by atoms with Crippen LogP contribution in [0.4, 0.5) is 18.9 Å². The molecule has 0 aliphatic rings. The molecule has 0 aliphatic heterocycles. The van der Waals surface area contributed by atoms with Crippen LogP contribution in [0.15, 0.2) is 48.5 Å². The van der Waals surface area contributed by atoms with Crippen LogP contribution in [0.2, 0.25) is 0 Å². The number of ether oxygens (including phenoxy) is 2. The van der Waals surface area contributed by atoms with Gasteiger partial charge in [-0.15, -0.1) is 13.2 Å². The average molecular weight is 325 g/mol. The number of hydrogen-bond donors (Lipinski definition) is 1. The first-order valence-corrected chi connectivity index (χ1v) is 6.67. The number of esters is 1. The Kier molecular flexibility index (Phi) is 5.10. The quantitative estimate of drug-likeness (QED) is 0.663. The number of alkyl halides is 3. The molecule has 0 fully saturated rings. The molecule has 2 rings (SSSR count). The molecular weight excluding hydrogens is 311 g/mol. The van der Waals surface area contributed by atoms with Gasteiger partial charge in [-0.2, -0.15) is 0 Å². The van der Waals surface area contributed by atoms with Crippen LogP contribution in [-0.4, -0.2) is 19.1 Å². The third-order valence-corrected chi connectivity index (χ3v) is 2.91. The van der Waals surface area contributed by atoms with Gasteiger partial charge in [0.2, 0.25) is 0 Å². The molecule has 0 saturated heterocycles. The van der Waals surface area contributed by atoms with Crippen molar-refractivity contribution in [3.63, 3.8) is 0 Å². The third kappa shape index (κ3) is 5.21. The van der Waals surface area contributed by atoms with E-state index in [0.717, 1.165) is 11.6 Å². The zero-order valence-corrected chi connectivity index (χ0v) is 12.2. The molecule has 4 nitrogen and oxygen atoms in total. The summed E-state index contributed by atoms with van der Waals surface area (Å²) < 4.78 is 45.3. The van der Waals surface area contributed by atoms with Crippen LogP contribution >= 0.6 is 0 Å². The van der Waals surface area contributed by atoms with Gasteiger partial charge in [0.1, 0.15) is 5.75 Å². The molecule has 0 aliphatic carbocycles. The highest BCUT2D eigenvalue weighted by molar-refractivity contribution is 5.91. The molecule has 2 aromatic rings. The number of aryl methyl sites for hydroxylation is 1. The highest BCUT2D eigenvalue weighted by Crippen LogP contribution is 2.24. The van der Waals surface area contributed by atoms with E-state index in [2.05, 4.69) is 10.1 Å². The number of carbonyl (C=O) groups is 1. The minimum atomic E-state index is -4.75. The summed E-state index contributed by atoms with van der Waals surface area (Å²) in [6, 6.07) is 12.2. The molecule has 0 heterocycles. The van der Waals surface area contributed by atoms with Crippen LogP contribution in [0.3, 0.4) is 0 Å². The van der Waals surface area contributed by atoms with Gasteiger partial charge in [-0.25, -0.2) is 4.79 Å². The topological polar surface area (TPSA) is 47.6 Å². The fourth-order valence-electron chi connectivity index (χ4n) is 1.87. The monoisotopic (exact) mass is 325 g/mol. The van der Waals surface area contributed by atoms with Gasteiger partial charge in [-0.3, -0.25) is 0 Å². The van der Waals surface area contributed by atoms with Gasteiger partial charge < -0.3 is 14.8 Å². The number of anilines is 1. The standard InChI is InChI=1S/C16H14F3NO3/c1-11-5-2-3-8-14(11)15(21)22-10-20-12-6-4-7-13(9-12)23-16(17,18)19/h2-9,20H,10H2,1H3. The van der Waals surface area contributed by atoms with Gasteiger partial charge in [-0.05, 0) is 30.7 Å². The SMILES string of the molecule is Cc1ccccc1C(=O)OCNc1cccc(OC(F)(F)F)c1. The van der Waals surface area contributed by atoms with E-state index in [1.807, 2.05) is 0 Å². The van der Waals surface area contributed by atoms with E-state index in [9.17, 15) is 18.0 Å². The van der Waals surface area contributed by atoms with Gasteiger partial charge in [0.05, 0.1) is 5.56 Å². The zero-order chi connectivity index (χ0) is 16.9. The number of benzene rings is 2. The summed E-state index contributed by atoms with van der Waals surface area (Å²) in [6.45, 7) is 1.60. The lowest BCUT2D eigenvalue weighted by atomic mass is 10.1. The van der Waals surface area contributed by atoms with E-state index in [-0.39, 0.29) is 12.5 Å². The highest BCUT2D eigenvalue weighted by Gasteiger charge is 2.31. The van der Waals surface area contributed by atoms with Crippen molar-refractivity contribution in [2.45, 2.75) is 13.3 Å². The number of carbonyl (C=O) groups excluding carboxylic acids is 1. The summed E-state index contributed by atoms with van der Waals surface area (Å²) in [5, 5.41) is 2.70. The first kappa shape index (κ1) is 16.7. The molecular formula is C16H14F3NO3. The zero-order valence-electron chi connectivity index (χ0n) is 12.2. The van der Waals surface area contributed by atoms with Crippen molar-refractivity contribution in [1.29, 1.82) is 0 Å². The maximum absolute atomic E-state index is 12.1. The predicted molar refractivity (Wildman–Crippen MR) is 78.2 cm³/mol. The maximum Gasteiger partial charge on any atom is 0.573 e. The Hall–Kier alpha value is -2.70. The second-order valence-electron chi connectivity index (χ2n) is 4.64. The smallest absolute Gasteiger partial charge is 0.441 e. The van der Waals surface area contributed by atoms with Crippen molar-refractivity contribution in [3.05, 3.63) is 59.7 Å². The van der Waals surface area contributed by atoms with E-state index in [0.29, 0.717) is 11.3 Å². The number of rotatable bonds is 5. The van der Waals surface area contributed by atoms with Crippen molar-refractivity contribution in [3.8, 4) is 5.75 Å². The summed E-state index contributed by atoms with van der Waals surface area (Å²) in [6.07, 6.45) is -4.75. The van der Waals surface area contributed by atoms with Crippen LogP contribution in [0.1, 0.15) is 15.9 Å². The number of hydrogen-bond acceptors (Lipinski definition) is 4. The largest absolute Gasteiger partial charge is 0.573 e. The van der Waals surface area contributed by atoms with E-state index >= 15 is 0 Å². The second-order valence-corrected chi connectivity index (χ2v) is 4.64. The van der Waals surface area contributed by atoms with E-state index in [1.165, 1.54) is 18.2 Å². The van der Waals surface area contributed by atoms with Crippen molar-refractivity contribution in [2.75, 3.05) is 12.0 Å². The Labute approximate surface area is 130 Å². The summed E-state index contributed by atoms with van der Waals surface area (Å²) in [7, 11) is 0. The Morgan fingerprint density at radius 1 is 1.13 bits per heavy atom. The molecule has 0 spiro atoms. The molecule has 122 valence electrons. The molecule has 0 saturated carbocycles. The average Bonchev–Trinajstić information content (AvgIpc) is 2.46. The van der Waals surface area contributed by atoms with E-state index < -0.39 is 12.3 Å². The molecule has 0 radical (unpaired) electrons. The van der Waals surface area contributed by atoms with Crippen LogP contribution in [-0.2, 0) is 4.74 Å². The molecule has 0 unspecified atom stereocenters. The summed E-state index contributed by atoms with van der Waals surface area (Å²) >= 11 is 0. The van der Waals surface area contributed by atoms with Crippen LogP contribution in [0.25, 0.3) is 0 Å². The third-order valence-electron chi connectivity index (χ3n) is 2.91. The molecule has 0 amide bonds.